The summed E-state index contributed by atoms with van der Waals surface area (Å²) < 4.78 is 62.2. The van der Waals surface area contributed by atoms with Gasteiger partial charge in [0.2, 0.25) is 16.9 Å². The normalized spacial score (nSPS) is 21.4. The summed E-state index contributed by atoms with van der Waals surface area (Å²) in [4.78, 5) is 87.6. The monoisotopic (exact) mass is 917 g/mol. The molecule has 28 heteroatoms. The van der Waals surface area contributed by atoms with Crippen LogP contribution in [0.1, 0.15) is 59.1 Å². The van der Waals surface area contributed by atoms with Gasteiger partial charge in [0.15, 0.2) is 17.7 Å². The zero-order valence-corrected chi connectivity index (χ0v) is 35.7. The number of hydrogen-bond donors (Lipinski definition) is 9. The van der Waals surface area contributed by atoms with Crippen molar-refractivity contribution in [1.29, 1.82) is 0 Å². The molecule has 0 aliphatic carbocycles. The van der Waals surface area contributed by atoms with Crippen LogP contribution in [0, 0.1) is 5.41 Å². The summed E-state index contributed by atoms with van der Waals surface area (Å²) in [7, 11) is -16.4. The van der Waals surface area contributed by atoms with Gasteiger partial charge in [-0.3, -0.25) is 32.5 Å². The van der Waals surface area contributed by atoms with E-state index in [1.807, 2.05) is 12.2 Å². The maximum atomic E-state index is 12.7. The topological polar surface area (TPSA) is 364 Å². The Morgan fingerprint density at radius 3 is 2.46 bits per heavy atom. The first-order valence-corrected chi connectivity index (χ1v) is 23.5. The Bertz CT molecular complexity index is 1950. The van der Waals surface area contributed by atoms with Gasteiger partial charge in [0.1, 0.15) is 36.3 Å². The standard InChI is InChI=1S/C31H50N7O17P3S/c1-4-5-6-7-8-9-10-11-22(40)59-15-14-33-21(39)12-13-34-29(43)26(42)31(2,3)17-52-58(49,50)55-57(47,48)51-16-20-25(54-56(44,45)46)24(41)30(53-20)38-19-37-23-27(32)35-18-36-28(23)38/h8-11,18-20,24-26,30,41-42H,4-7,12-17H2,1-3H3,(H,33,39)(H,34,43)(H,47,48)(H,49,50)(H2,32,35,36)(H2,44,45,46)/b9-8?,11-10+/t20-,24-,25-,26+,30-/m1/s1. The summed E-state index contributed by atoms with van der Waals surface area (Å²) in [6, 6.07) is 0. The van der Waals surface area contributed by atoms with E-state index in [-0.39, 0.29) is 41.6 Å². The fourth-order valence-corrected chi connectivity index (χ4v) is 8.56. The molecule has 1 aliphatic rings. The van der Waals surface area contributed by atoms with Gasteiger partial charge in [-0.2, -0.15) is 4.31 Å². The van der Waals surface area contributed by atoms with Crippen molar-refractivity contribution < 1.29 is 80.5 Å². The molecule has 3 heterocycles. The molecule has 1 fully saturated rings. The summed E-state index contributed by atoms with van der Waals surface area (Å²) in [5.41, 5.74) is 4.26. The number of nitrogens with two attached hydrogens (primary N) is 1. The fourth-order valence-electron chi connectivity index (χ4n) is 5.15. The van der Waals surface area contributed by atoms with Gasteiger partial charge in [-0.05, 0) is 18.9 Å². The fraction of sp³-hybridized carbons (Fsp3) is 0.613. The maximum Gasteiger partial charge on any atom is 0.481 e. The third-order valence-electron chi connectivity index (χ3n) is 8.20. The van der Waals surface area contributed by atoms with Gasteiger partial charge < -0.3 is 50.9 Å². The average Bonchev–Trinajstić information content (AvgIpc) is 3.71. The van der Waals surface area contributed by atoms with E-state index in [1.54, 1.807) is 6.08 Å². The number of amides is 2. The predicted octanol–water partition coefficient (Wildman–Crippen LogP) is 1.36. The van der Waals surface area contributed by atoms with Crippen molar-refractivity contribution in [3.63, 3.8) is 0 Å². The number of rotatable bonds is 25. The van der Waals surface area contributed by atoms with Crippen LogP contribution in [-0.4, -0.2) is 123 Å². The van der Waals surface area contributed by atoms with Crippen LogP contribution >= 0.6 is 35.2 Å². The number of ether oxygens (including phenoxy) is 1. The third kappa shape index (κ3) is 16.8. The molecule has 2 amide bonds. The molecule has 332 valence electrons. The van der Waals surface area contributed by atoms with E-state index >= 15 is 0 Å². The Balaban J connectivity index is 1.44. The molecule has 0 radical (unpaired) electrons. The molecule has 3 rings (SSSR count). The second kappa shape index (κ2) is 22.8. The number of phosphoric ester groups is 3. The number of anilines is 1. The van der Waals surface area contributed by atoms with Gasteiger partial charge in [0.05, 0.1) is 19.5 Å². The van der Waals surface area contributed by atoms with Crippen molar-refractivity contribution in [3.8, 4) is 0 Å². The van der Waals surface area contributed by atoms with Gasteiger partial charge in [-0.15, -0.1) is 0 Å². The van der Waals surface area contributed by atoms with Crippen molar-refractivity contribution in [2.45, 2.75) is 83.5 Å². The number of phosphoric acid groups is 3. The highest BCUT2D eigenvalue weighted by Crippen LogP contribution is 2.61. The van der Waals surface area contributed by atoms with Crippen molar-refractivity contribution in [1.82, 2.24) is 30.2 Å². The van der Waals surface area contributed by atoms with E-state index in [9.17, 15) is 57.9 Å². The molecule has 0 saturated carbocycles. The Kier molecular flexibility index (Phi) is 19.4. The smallest absolute Gasteiger partial charge is 0.386 e. The highest BCUT2D eigenvalue weighted by Gasteiger charge is 2.50. The number of aliphatic hydroxyl groups excluding tert-OH is 2. The first-order valence-electron chi connectivity index (χ1n) is 17.9. The molecular formula is C31H50N7O17P3S. The molecule has 0 bridgehead atoms. The van der Waals surface area contributed by atoms with E-state index in [0.29, 0.717) is 5.75 Å². The van der Waals surface area contributed by atoms with Crippen LogP contribution in [0.2, 0.25) is 0 Å². The summed E-state index contributed by atoms with van der Waals surface area (Å²) in [5, 5.41) is 26.2. The summed E-state index contributed by atoms with van der Waals surface area (Å²) in [5.74, 6) is -1.15. The highest BCUT2D eigenvalue weighted by molar-refractivity contribution is 8.14. The number of hydrogen-bond acceptors (Lipinski definition) is 18. The van der Waals surface area contributed by atoms with Gasteiger partial charge >= 0.3 is 23.5 Å². The third-order valence-corrected chi connectivity index (χ3v) is 12.1. The molecule has 2 aromatic heterocycles. The lowest BCUT2D eigenvalue weighted by atomic mass is 9.87. The molecule has 24 nitrogen and oxygen atoms in total. The average molecular weight is 918 g/mol. The number of allylic oxidation sites excluding steroid dienone is 3. The van der Waals surface area contributed by atoms with Gasteiger partial charge in [-0.25, -0.2) is 28.6 Å². The molecule has 2 unspecified atom stereocenters. The van der Waals surface area contributed by atoms with Crippen molar-refractivity contribution in [2.24, 2.45) is 5.41 Å². The van der Waals surface area contributed by atoms with Crippen LogP contribution in [0.4, 0.5) is 5.82 Å². The number of carbonyl (C=O) groups is 3. The van der Waals surface area contributed by atoms with E-state index in [4.69, 9.17) is 19.5 Å². The van der Waals surface area contributed by atoms with Crippen LogP contribution in [0.3, 0.4) is 0 Å². The van der Waals surface area contributed by atoms with E-state index in [2.05, 4.69) is 41.3 Å². The highest BCUT2D eigenvalue weighted by atomic mass is 32.2. The van der Waals surface area contributed by atoms with E-state index in [1.165, 1.54) is 19.9 Å². The second-order valence-corrected chi connectivity index (χ2v) is 18.9. The molecule has 10 N–H and O–H groups in total. The second-order valence-electron chi connectivity index (χ2n) is 13.5. The lowest BCUT2D eigenvalue weighted by molar-refractivity contribution is -0.137. The Labute approximate surface area is 342 Å². The number of carbonyl (C=O) groups excluding carboxylic acids is 3. The zero-order chi connectivity index (χ0) is 44.0. The summed E-state index contributed by atoms with van der Waals surface area (Å²) >= 11 is 1.02. The molecule has 0 spiro atoms. The lowest BCUT2D eigenvalue weighted by Crippen LogP contribution is -2.46. The Hall–Kier alpha value is -2.96. The molecule has 1 saturated heterocycles. The van der Waals surface area contributed by atoms with Crippen LogP contribution < -0.4 is 16.4 Å². The number of nitrogens with one attached hydrogen (secondary N) is 2. The minimum absolute atomic E-state index is 0.0300. The van der Waals surface area contributed by atoms with Gasteiger partial charge in [0, 0.05) is 30.7 Å². The lowest BCUT2D eigenvalue weighted by Gasteiger charge is -2.30. The van der Waals surface area contributed by atoms with Gasteiger partial charge in [0.25, 0.3) is 0 Å². The molecule has 7 atom stereocenters. The number of nitrogen functional groups attached to an aromatic ring is 1. The number of unbranched alkanes of at least 4 members (excludes halogenated alkanes) is 3. The van der Waals surface area contributed by atoms with Crippen molar-refractivity contribution >= 4 is 69.1 Å². The molecular weight excluding hydrogens is 867 g/mol. The van der Waals surface area contributed by atoms with E-state index in [0.717, 1.165) is 54.7 Å². The zero-order valence-electron chi connectivity index (χ0n) is 32.2. The van der Waals surface area contributed by atoms with Crippen molar-refractivity contribution in [3.05, 3.63) is 37.0 Å². The minimum Gasteiger partial charge on any atom is -0.386 e. The van der Waals surface area contributed by atoms with Crippen LogP contribution in [-0.2, 0) is 50.7 Å². The van der Waals surface area contributed by atoms with Crippen LogP contribution in [0.25, 0.3) is 11.2 Å². The van der Waals surface area contributed by atoms with E-state index < -0.39 is 84.6 Å². The Morgan fingerprint density at radius 1 is 1.05 bits per heavy atom. The number of thioether (sulfide) groups is 1. The SMILES string of the molecule is CCCCCC=C/C=C/C(=O)SCCNC(=O)CCNC(=O)[C@H](O)C(C)(C)COP(=O)(O)OP(=O)(O)OC[C@H]1O[C@@H](n2cnc3c(N)ncnc32)[C@H](O)[C@@H]1OP(=O)(O)O. The summed E-state index contributed by atoms with van der Waals surface area (Å²) in [6.45, 7) is 2.59. The quantitative estimate of drug-likeness (QED) is 0.0294. The number of aliphatic hydroxyl groups is 2. The molecule has 0 aromatic carbocycles. The first kappa shape index (κ1) is 50.4. The Morgan fingerprint density at radius 2 is 1.76 bits per heavy atom. The number of fused-ring (bicyclic) bond motifs is 1. The van der Waals surface area contributed by atoms with Crippen LogP contribution in [0.15, 0.2) is 37.0 Å². The number of nitrogens with zero attached hydrogens (tertiary/aromatic N) is 4. The molecule has 2 aromatic rings. The number of imidazole rings is 1. The predicted molar refractivity (Wildman–Crippen MR) is 210 cm³/mol. The summed E-state index contributed by atoms with van der Waals surface area (Å²) in [6.07, 6.45) is 4.28. The van der Waals surface area contributed by atoms with Gasteiger partial charge in [-0.1, -0.05) is 63.6 Å². The molecule has 1 aliphatic heterocycles. The maximum absolute atomic E-state index is 12.7. The molecule has 59 heavy (non-hydrogen) atoms. The van der Waals surface area contributed by atoms with Crippen LogP contribution in [0.5, 0.6) is 0 Å². The first-order chi connectivity index (χ1) is 27.6. The minimum atomic E-state index is -5.57. The van der Waals surface area contributed by atoms with Crippen molar-refractivity contribution in [2.75, 3.05) is 37.8 Å². The number of aromatic nitrogens is 4. The largest absolute Gasteiger partial charge is 0.481 e.